The summed E-state index contributed by atoms with van der Waals surface area (Å²) >= 11 is 1.73. The summed E-state index contributed by atoms with van der Waals surface area (Å²) in [4.78, 5) is 11.7. The van der Waals surface area contributed by atoms with Crippen molar-refractivity contribution in [3.63, 3.8) is 0 Å². The van der Waals surface area contributed by atoms with Crippen molar-refractivity contribution in [2.75, 3.05) is 0 Å². The molecule has 9 rings (SSSR count). The first-order valence-electron chi connectivity index (χ1n) is 13.0. The van der Waals surface area contributed by atoms with E-state index in [0.29, 0.717) is 5.95 Å². The number of rotatable bonds is 2. The molecular formula is C34H20N4S. The Morgan fingerprint density at radius 3 is 1.41 bits per heavy atom. The number of thiophene rings is 1. The Balaban J connectivity index is 1.50. The van der Waals surface area contributed by atoms with Crippen molar-refractivity contribution in [2.24, 2.45) is 0 Å². The molecule has 39 heavy (non-hydrogen) atoms. The lowest BCUT2D eigenvalue weighted by atomic mass is 10.2. The maximum Gasteiger partial charge on any atom is 0.238 e. The molecule has 0 saturated carbocycles. The van der Waals surface area contributed by atoms with E-state index in [1.165, 1.54) is 31.6 Å². The Morgan fingerprint density at radius 2 is 0.872 bits per heavy atom. The minimum atomic E-state index is 0.684. The molecule has 4 aromatic heterocycles. The monoisotopic (exact) mass is 516 g/mol. The lowest BCUT2D eigenvalue weighted by molar-refractivity contribution is 0.976. The van der Waals surface area contributed by atoms with Crippen molar-refractivity contribution in [2.45, 2.75) is 0 Å². The molecule has 182 valence electrons. The smallest absolute Gasteiger partial charge is 0.238 e. The normalized spacial score (nSPS) is 12.1. The Kier molecular flexibility index (Phi) is 4.18. The second kappa shape index (κ2) is 7.76. The van der Waals surface area contributed by atoms with E-state index < -0.39 is 0 Å². The summed E-state index contributed by atoms with van der Waals surface area (Å²) in [5.41, 5.74) is 4.49. The lowest BCUT2D eigenvalue weighted by Gasteiger charge is -2.12. The molecule has 0 radical (unpaired) electrons. The molecule has 0 aliphatic heterocycles. The minimum Gasteiger partial charge on any atom is -0.293 e. The number of hydrogen-bond donors (Lipinski definition) is 0. The van der Waals surface area contributed by atoms with Gasteiger partial charge in [-0.25, -0.2) is 4.98 Å². The zero-order chi connectivity index (χ0) is 25.5. The number of fused-ring (bicyclic) bond motifs is 9. The quantitative estimate of drug-likeness (QED) is 0.230. The second-order valence-corrected chi connectivity index (χ2v) is 10.9. The summed E-state index contributed by atoms with van der Waals surface area (Å²) in [5.74, 6) is 1.59. The van der Waals surface area contributed by atoms with E-state index in [2.05, 4.69) is 130 Å². The van der Waals surface area contributed by atoms with Gasteiger partial charge in [0.15, 0.2) is 5.82 Å². The molecule has 0 spiro atoms. The molecule has 0 saturated heterocycles. The van der Waals surface area contributed by atoms with Crippen LogP contribution in [0.3, 0.4) is 0 Å². The molecule has 4 heterocycles. The molecule has 0 aliphatic rings. The Hall–Kier alpha value is -5.00. The topological polar surface area (TPSA) is 35.6 Å². The lowest BCUT2D eigenvalue weighted by Crippen LogP contribution is -2.06. The summed E-state index contributed by atoms with van der Waals surface area (Å²) in [7, 11) is 0. The summed E-state index contributed by atoms with van der Waals surface area (Å²) in [6, 6.07) is 42.8. The zero-order valence-corrected chi connectivity index (χ0v) is 21.6. The van der Waals surface area contributed by atoms with Crippen LogP contribution in [-0.4, -0.2) is 19.1 Å². The standard InChI is InChI=1S/C34H20N4S/c1-6-16-26-21(11-1)22-12-2-7-17-27(22)37(26)32-31-25-15-5-10-20-30(25)39-33(31)36-34(35-32)38-28-18-8-3-13-23(28)24-14-4-9-19-29(24)38/h1-20H. The van der Waals surface area contributed by atoms with Gasteiger partial charge in [0.2, 0.25) is 5.95 Å². The van der Waals surface area contributed by atoms with Gasteiger partial charge in [0.05, 0.1) is 27.5 Å². The predicted molar refractivity (Wildman–Crippen MR) is 164 cm³/mol. The molecule has 0 bridgehead atoms. The van der Waals surface area contributed by atoms with Gasteiger partial charge in [0.25, 0.3) is 0 Å². The highest BCUT2D eigenvalue weighted by Gasteiger charge is 2.22. The molecule has 5 aromatic carbocycles. The van der Waals surface area contributed by atoms with Crippen LogP contribution in [0.2, 0.25) is 0 Å². The van der Waals surface area contributed by atoms with Gasteiger partial charge in [-0.1, -0.05) is 91.0 Å². The number of hydrogen-bond acceptors (Lipinski definition) is 3. The average Bonchev–Trinajstić information content (AvgIpc) is 3.64. The molecule has 0 fully saturated rings. The Bertz CT molecular complexity index is 2300. The van der Waals surface area contributed by atoms with E-state index in [1.807, 2.05) is 0 Å². The largest absolute Gasteiger partial charge is 0.293 e. The SMILES string of the molecule is c1ccc2c(c1)sc1nc(-n3c4ccccc4c4ccccc43)nc(-n3c4ccccc4c4ccccc43)c12. The number of benzene rings is 5. The van der Waals surface area contributed by atoms with Crippen LogP contribution in [0.25, 0.3) is 75.7 Å². The van der Waals surface area contributed by atoms with Gasteiger partial charge in [-0.05, 0) is 30.3 Å². The molecule has 9 aromatic rings. The van der Waals surface area contributed by atoms with Gasteiger partial charge in [0, 0.05) is 31.6 Å². The van der Waals surface area contributed by atoms with E-state index in [0.717, 1.165) is 38.1 Å². The third kappa shape index (κ3) is 2.82. The van der Waals surface area contributed by atoms with E-state index >= 15 is 0 Å². The predicted octanol–water partition coefficient (Wildman–Crippen LogP) is 9.04. The van der Waals surface area contributed by atoms with E-state index in [9.17, 15) is 0 Å². The van der Waals surface area contributed by atoms with Crippen molar-refractivity contribution in [1.82, 2.24) is 19.1 Å². The number of aromatic nitrogens is 4. The molecule has 5 heteroatoms. The third-order valence-electron chi connectivity index (χ3n) is 7.78. The van der Waals surface area contributed by atoms with E-state index in [1.54, 1.807) is 11.3 Å². The molecule has 4 nitrogen and oxygen atoms in total. The maximum absolute atomic E-state index is 5.43. The highest BCUT2D eigenvalue weighted by Crippen LogP contribution is 2.40. The van der Waals surface area contributed by atoms with Crippen LogP contribution in [0.1, 0.15) is 0 Å². The third-order valence-corrected chi connectivity index (χ3v) is 8.84. The number of para-hydroxylation sites is 4. The van der Waals surface area contributed by atoms with E-state index in [4.69, 9.17) is 9.97 Å². The maximum atomic E-state index is 5.43. The van der Waals surface area contributed by atoms with Crippen molar-refractivity contribution in [1.29, 1.82) is 0 Å². The van der Waals surface area contributed by atoms with Crippen LogP contribution in [-0.2, 0) is 0 Å². The van der Waals surface area contributed by atoms with Gasteiger partial charge < -0.3 is 0 Å². The zero-order valence-electron chi connectivity index (χ0n) is 20.7. The minimum absolute atomic E-state index is 0.684. The summed E-state index contributed by atoms with van der Waals surface area (Å²) in [5, 5.41) is 7.11. The van der Waals surface area contributed by atoms with Crippen molar-refractivity contribution < 1.29 is 0 Å². The first-order chi connectivity index (χ1) is 19.4. The van der Waals surface area contributed by atoms with Crippen LogP contribution < -0.4 is 0 Å². The summed E-state index contributed by atoms with van der Waals surface area (Å²) < 4.78 is 5.75. The van der Waals surface area contributed by atoms with Crippen LogP contribution in [0.15, 0.2) is 121 Å². The van der Waals surface area contributed by atoms with Gasteiger partial charge in [-0.3, -0.25) is 9.13 Å². The highest BCUT2D eigenvalue weighted by molar-refractivity contribution is 7.25. The first kappa shape index (κ1) is 21.0. The fourth-order valence-corrected chi connectivity index (χ4v) is 7.21. The Morgan fingerprint density at radius 1 is 0.436 bits per heavy atom. The second-order valence-electron chi connectivity index (χ2n) is 9.87. The molecular weight excluding hydrogens is 496 g/mol. The average molecular weight is 517 g/mol. The fraction of sp³-hybridized carbons (Fsp3) is 0. The highest BCUT2D eigenvalue weighted by atomic mass is 32.1. The van der Waals surface area contributed by atoms with Gasteiger partial charge >= 0.3 is 0 Å². The Labute approximate surface area is 227 Å². The van der Waals surface area contributed by atoms with Gasteiger partial charge in [-0.15, -0.1) is 11.3 Å². The first-order valence-corrected chi connectivity index (χ1v) is 13.8. The molecule has 0 unspecified atom stereocenters. The van der Waals surface area contributed by atoms with Crippen molar-refractivity contribution in [3.05, 3.63) is 121 Å². The van der Waals surface area contributed by atoms with Crippen LogP contribution in [0.4, 0.5) is 0 Å². The van der Waals surface area contributed by atoms with Gasteiger partial charge in [0.1, 0.15) is 4.83 Å². The van der Waals surface area contributed by atoms with Crippen LogP contribution in [0.5, 0.6) is 0 Å². The fourth-order valence-electron chi connectivity index (χ4n) is 6.14. The van der Waals surface area contributed by atoms with Crippen LogP contribution in [0, 0.1) is 0 Å². The van der Waals surface area contributed by atoms with Gasteiger partial charge in [-0.2, -0.15) is 4.98 Å². The molecule has 0 atom stereocenters. The van der Waals surface area contributed by atoms with E-state index in [-0.39, 0.29) is 0 Å². The van der Waals surface area contributed by atoms with Crippen molar-refractivity contribution in [3.8, 4) is 11.8 Å². The molecule has 0 aliphatic carbocycles. The summed E-state index contributed by atoms with van der Waals surface area (Å²) in [6.07, 6.45) is 0. The molecule has 0 amide bonds. The van der Waals surface area contributed by atoms with Crippen molar-refractivity contribution >= 4 is 75.3 Å². The summed E-state index contributed by atoms with van der Waals surface area (Å²) in [6.45, 7) is 0. The molecule has 0 N–H and O–H groups in total. The van der Waals surface area contributed by atoms with Crippen LogP contribution >= 0.6 is 11.3 Å². The number of nitrogens with zero attached hydrogens (tertiary/aromatic N) is 4.